The second kappa shape index (κ2) is 6.96. The van der Waals surface area contributed by atoms with Gasteiger partial charge in [-0.3, -0.25) is 0 Å². The van der Waals surface area contributed by atoms with Crippen LogP contribution in [0.15, 0.2) is 48.5 Å². The van der Waals surface area contributed by atoms with Crippen molar-refractivity contribution in [3.63, 3.8) is 0 Å². The first-order chi connectivity index (χ1) is 11.8. The highest BCUT2D eigenvalue weighted by molar-refractivity contribution is 6.33. The van der Waals surface area contributed by atoms with E-state index in [1.54, 1.807) is 4.90 Å². The van der Waals surface area contributed by atoms with E-state index in [1.807, 2.05) is 69.3 Å². The molecule has 0 radical (unpaired) electrons. The topological polar surface area (TPSA) is 38.8 Å². The summed E-state index contributed by atoms with van der Waals surface area (Å²) in [7, 11) is 0. The van der Waals surface area contributed by atoms with E-state index in [9.17, 15) is 4.79 Å². The number of amides is 1. The Balaban J connectivity index is 1.66. The predicted octanol–water partition coefficient (Wildman–Crippen LogP) is 5.01. The van der Waals surface area contributed by atoms with E-state index < -0.39 is 5.60 Å². The van der Waals surface area contributed by atoms with Crippen LogP contribution >= 0.6 is 11.6 Å². The van der Waals surface area contributed by atoms with Gasteiger partial charge in [-0.2, -0.15) is 0 Å². The van der Waals surface area contributed by atoms with Crippen molar-refractivity contribution < 1.29 is 14.3 Å². The first-order valence-corrected chi connectivity index (χ1v) is 8.70. The fourth-order valence-electron chi connectivity index (χ4n) is 2.64. The predicted molar refractivity (Wildman–Crippen MR) is 99.1 cm³/mol. The third kappa shape index (κ3) is 4.26. The Morgan fingerprint density at radius 2 is 1.64 bits per heavy atom. The maximum Gasteiger partial charge on any atom is 0.410 e. The molecule has 0 aliphatic carbocycles. The van der Waals surface area contributed by atoms with Gasteiger partial charge < -0.3 is 14.4 Å². The molecule has 0 bridgehead atoms. The van der Waals surface area contributed by atoms with Gasteiger partial charge in [0.25, 0.3) is 0 Å². The van der Waals surface area contributed by atoms with Crippen LogP contribution < -0.4 is 4.74 Å². The van der Waals surface area contributed by atoms with Crippen molar-refractivity contribution in [1.82, 2.24) is 4.90 Å². The minimum atomic E-state index is -0.486. The summed E-state index contributed by atoms with van der Waals surface area (Å²) in [6.45, 7) is 6.62. The lowest BCUT2D eigenvalue weighted by Crippen LogP contribution is -2.57. The first kappa shape index (κ1) is 17.6. The Morgan fingerprint density at radius 1 is 1.04 bits per heavy atom. The van der Waals surface area contributed by atoms with E-state index in [0.717, 1.165) is 16.9 Å². The molecule has 5 heteroatoms. The lowest BCUT2D eigenvalue weighted by Gasteiger charge is -2.39. The molecule has 0 unspecified atom stereocenters. The average Bonchev–Trinajstić information content (AvgIpc) is 2.49. The molecule has 1 fully saturated rings. The van der Waals surface area contributed by atoms with E-state index in [-0.39, 0.29) is 12.2 Å². The molecule has 1 aliphatic heterocycles. The number of carbonyl (C=O) groups is 1. The Morgan fingerprint density at radius 3 is 2.28 bits per heavy atom. The van der Waals surface area contributed by atoms with Crippen LogP contribution in [-0.4, -0.2) is 35.8 Å². The average molecular weight is 360 g/mol. The van der Waals surface area contributed by atoms with E-state index >= 15 is 0 Å². The molecule has 2 aromatic carbocycles. The molecule has 1 heterocycles. The van der Waals surface area contributed by atoms with E-state index in [0.29, 0.717) is 18.1 Å². The smallest absolute Gasteiger partial charge is 0.410 e. The van der Waals surface area contributed by atoms with Crippen LogP contribution in [0.2, 0.25) is 5.02 Å². The summed E-state index contributed by atoms with van der Waals surface area (Å²) in [6.07, 6.45) is -0.345. The maximum absolute atomic E-state index is 12.0. The van der Waals surface area contributed by atoms with Crippen LogP contribution in [0.3, 0.4) is 0 Å². The van der Waals surface area contributed by atoms with Crippen molar-refractivity contribution in [2.24, 2.45) is 0 Å². The van der Waals surface area contributed by atoms with Crippen molar-refractivity contribution in [2.45, 2.75) is 32.5 Å². The first-order valence-electron chi connectivity index (χ1n) is 8.32. The van der Waals surface area contributed by atoms with Crippen LogP contribution in [0.1, 0.15) is 20.8 Å². The van der Waals surface area contributed by atoms with Gasteiger partial charge in [-0.15, -0.1) is 0 Å². The van der Waals surface area contributed by atoms with Crippen LogP contribution in [0.4, 0.5) is 4.79 Å². The van der Waals surface area contributed by atoms with Crippen LogP contribution in [0.5, 0.6) is 5.75 Å². The molecule has 4 nitrogen and oxygen atoms in total. The fraction of sp³-hybridized carbons (Fsp3) is 0.350. The molecular weight excluding hydrogens is 338 g/mol. The second-order valence-corrected chi connectivity index (χ2v) is 7.51. The zero-order chi connectivity index (χ0) is 18.0. The molecule has 2 aromatic rings. The Bertz CT molecular complexity index is 764. The molecule has 1 amide bonds. The normalized spacial score (nSPS) is 14.8. The summed E-state index contributed by atoms with van der Waals surface area (Å²) in [5.74, 6) is 0.768. The summed E-state index contributed by atoms with van der Waals surface area (Å²) in [5.41, 5.74) is 1.39. The van der Waals surface area contributed by atoms with Gasteiger partial charge in [0, 0.05) is 16.1 Å². The minimum Gasteiger partial charge on any atom is -0.486 e. The summed E-state index contributed by atoms with van der Waals surface area (Å²) in [5, 5.41) is 0.683. The molecular formula is C20H22ClNO3. The number of para-hydroxylation sites is 1. The third-order valence-corrected chi connectivity index (χ3v) is 4.17. The molecule has 3 rings (SSSR count). The van der Waals surface area contributed by atoms with Gasteiger partial charge in [0.15, 0.2) is 0 Å². The quantitative estimate of drug-likeness (QED) is 0.773. The number of carbonyl (C=O) groups excluding carboxylic acids is 1. The van der Waals surface area contributed by atoms with Gasteiger partial charge in [0.2, 0.25) is 0 Å². The number of nitrogens with zero attached hydrogens (tertiary/aromatic N) is 1. The molecule has 1 saturated heterocycles. The van der Waals surface area contributed by atoms with E-state index in [4.69, 9.17) is 21.1 Å². The van der Waals surface area contributed by atoms with Gasteiger partial charge in [0.05, 0.1) is 13.1 Å². The number of ether oxygens (including phenoxy) is 2. The van der Waals surface area contributed by atoms with E-state index in [2.05, 4.69) is 0 Å². The van der Waals surface area contributed by atoms with Gasteiger partial charge in [-0.25, -0.2) is 4.79 Å². The zero-order valence-electron chi connectivity index (χ0n) is 14.7. The van der Waals surface area contributed by atoms with Crippen molar-refractivity contribution in [2.75, 3.05) is 13.1 Å². The number of hydrogen-bond acceptors (Lipinski definition) is 3. The molecule has 0 spiro atoms. The molecule has 0 aromatic heterocycles. The van der Waals surface area contributed by atoms with Gasteiger partial charge in [-0.1, -0.05) is 48.0 Å². The molecule has 132 valence electrons. The third-order valence-electron chi connectivity index (χ3n) is 3.84. The fourth-order valence-corrected chi connectivity index (χ4v) is 2.88. The molecule has 0 saturated carbocycles. The molecule has 25 heavy (non-hydrogen) atoms. The highest BCUT2D eigenvalue weighted by Crippen LogP contribution is 2.35. The van der Waals surface area contributed by atoms with Gasteiger partial charge in [0.1, 0.15) is 17.5 Å². The monoisotopic (exact) mass is 359 g/mol. The van der Waals surface area contributed by atoms with Gasteiger partial charge >= 0.3 is 6.09 Å². The number of rotatable bonds is 3. The zero-order valence-corrected chi connectivity index (χ0v) is 15.4. The summed E-state index contributed by atoms with van der Waals surface area (Å²) in [6, 6.07) is 15.5. The van der Waals surface area contributed by atoms with Crippen molar-refractivity contribution in [3.05, 3.63) is 53.6 Å². The molecule has 0 atom stereocenters. The largest absolute Gasteiger partial charge is 0.486 e. The standard InChI is InChI=1S/C20H22ClNO3/c1-20(2,3)25-19(23)22-12-14(13-22)24-18-11-7-5-9-16(18)15-8-4-6-10-17(15)21/h4-11,14H,12-13H2,1-3H3. The van der Waals surface area contributed by atoms with Gasteiger partial charge in [-0.05, 0) is 32.9 Å². The number of likely N-dealkylation sites (tertiary alicyclic amines) is 1. The molecule has 0 N–H and O–H groups in total. The Labute approximate surface area is 153 Å². The van der Waals surface area contributed by atoms with Crippen LogP contribution in [-0.2, 0) is 4.74 Å². The lowest BCUT2D eigenvalue weighted by atomic mass is 10.0. The Kier molecular flexibility index (Phi) is 4.91. The maximum atomic E-state index is 12.0. The van der Waals surface area contributed by atoms with Crippen molar-refractivity contribution >= 4 is 17.7 Å². The van der Waals surface area contributed by atoms with Crippen molar-refractivity contribution in [1.29, 1.82) is 0 Å². The van der Waals surface area contributed by atoms with Crippen molar-refractivity contribution in [3.8, 4) is 16.9 Å². The molecule has 1 aliphatic rings. The minimum absolute atomic E-state index is 0.0452. The number of benzene rings is 2. The lowest BCUT2D eigenvalue weighted by molar-refractivity contribution is -0.0220. The summed E-state index contributed by atoms with van der Waals surface area (Å²) < 4.78 is 11.5. The highest BCUT2D eigenvalue weighted by atomic mass is 35.5. The van der Waals surface area contributed by atoms with E-state index in [1.165, 1.54) is 0 Å². The Hall–Kier alpha value is -2.20. The summed E-state index contributed by atoms with van der Waals surface area (Å²) >= 11 is 6.32. The van der Waals surface area contributed by atoms with Crippen LogP contribution in [0.25, 0.3) is 11.1 Å². The SMILES string of the molecule is CC(C)(C)OC(=O)N1CC(Oc2ccccc2-c2ccccc2Cl)C1. The second-order valence-electron chi connectivity index (χ2n) is 7.10. The highest BCUT2D eigenvalue weighted by Gasteiger charge is 2.35. The van der Waals surface area contributed by atoms with Crippen LogP contribution in [0, 0.1) is 0 Å². The summed E-state index contributed by atoms with van der Waals surface area (Å²) in [4.78, 5) is 13.6. The number of halogens is 1. The number of hydrogen-bond donors (Lipinski definition) is 0.